The molecule has 186 valence electrons. The van der Waals surface area contributed by atoms with Gasteiger partial charge in [-0.1, -0.05) is 13.8 Å². The van der Waals surface area contributed by atoms with Crippen molar-refractivity contribution in [2.75, 3.05) is 19.8 Å². The topological polar surface area (TPSA) is 40.8 Å². The summed E-state index contributed by atoms with van der Waals surface area (Å²) < 4.78 is 23.3. The van der Waals surface area contributed by atoms with E-state index in [9.17, 15) is 0 Å². The molecule has 0 aromatic carbocycles. The third kappa shape index (κ3) is 4.23. The van der Waals surface area contributed by atoms with Crippen LogP contribution in [0.5, 0.6) is 0 Å². The molecule has 5 rings (SSSR count). The van der Waals surface area contributed by atoms with Gasteiger partial charge in [0.05, 0.1) is 25.2 Å². The number of furan rings is 1. The van der Waals surface area contributed by atoms with Gasteiger partial charge in [0.25, 0.3) is 0 Å². The van der Waals surface area contributed by atoms with Crippen LogP contribution in [0.15, 0.2) is 23.0 Å². The summed E-state index contributed by atoms with van der Waals surface area (Å²) in [7, 11) is 0. The molecule has 4 aliphatic rings. The van der Waals surface area contributed by atoms with E-state index in [1.807, 2.05) is 26.4 Å². The molecule has 0 aliphatic heterocycles. The minimum atomic E-state index is -0.217. The molecule has 0 amide bonds. The van der Waals surface area contributed by atoms with Crippen molar-refractivity contribution in [2.45, 2.75) is 104 Å². The van der Waals surface area contributed by atoms with Gasteiger partial charge in [0.1, 0.15) is 0 Å². The van der Waals surface area contributed by atoms with Crippen LogP contribution in [0.1, 0.15) is 97.0 Å². The quantitative estimate of drug-likeness (QED) is 0.387. The fourth-order valence-corrected chi connectivity index (χ4v) is 9.12. The maximum absolute atomic E-state index is 6.36. The molecule has 0 N–H and O–H groups in total. The highest BCUT2D eigenvalue weighted by molar-refractivity contribution is 5.22. The summed E-state index contributed by atoms with van der Waals surface area (Å²) in [4.78, 5) is 0. The zero-order chi connectivity index (χ0) is 23.1. The Bertz CT molecular complexity index is 756. The molecule has 4 fully saturated rings. The molecule has 4 nitrogen and oxygen atoms in total. The Labute approximate surface area is 201 Å². The highest BCUT2D eigenvalue weighted by Gasteiger charge is 2.60. The summed E-state index contributed by atoms with van der Waals surface area (Å²) in [6.45, 7) is 11.2. The first-order valence-electron chi connectivity index (χ1n) is 13.9. The molecule has 4 aliphatic carbocycles. The number of fused-ring (bicyclic) bond motifs is 5. The van der Waals surface area contributed by atoms with E-state index in [1.54, 1.807) is 0 Å². The zero-order valence-electron chi connectivity index (χ0n) is 21.4. The normalized spacial score (nSPS) is 42.7. The molecule has 0 spiro atoms. The predicted octanol–water partition coefficient (Wildman–Crippen LogP) is 7.19. The number of ether oxygens (including phenoxy) is 3. The van der Waals surface area contributed by atoms with Gasteiger partial charge in [0.2, 0.25) is 0 Å². The molecule has 1 aromatic heterocycles. The molecule has 0 unspecified atom stereocenters. The van der Waals surface area contributed by atoms with Crippen molar-refractivity contribution in [3.8, 4) is 0 Å². The fraction of sp³-hybridized carbons (Fsp3) is 0.862. The highest BCUT2D eigenvalue weighted by atomic mass is 16.7. The third-order valence-corrected chi connectivity index (χ3v) is 10.7. The maximum atomic E-state index is 6.36. The highest BCUT2D eigenvalue weighted by Crippen LogP contribution is 2.69. The molecule has 1 aromatic rings. The van der Waals surface area contributed by atoms with Gasteiger partial charge in [-0.05, 0) is 124 Å². The zero-order valence-corrected chi connectivity index (χ0v) is 21.4. The van der Waals surface area contributed by atoms with Gasteiger partial charge in [-0.15, -0.1) is 0 Å². The lowest BCUT2D eigenvalue weighted by molar-refractivity contribution is -0.189. The maximum Gasteiger partial charge on any atom is 0.180 e. The lowest BCUT2D eigenvalue weighted by Crippen LogP contribution is -2.54. The van der Waals surface area contributed by atoms with Crippen LogP contribution in [0, 0.1) is 34.5 Å². The number of hydrogen-bond donors (Lipinski definition) is 0. The number of rotatable bonds is 8. The van der Waals surface area contributed by atoms with Crippen LogP contribution in [-0.4, -0.2) is 32.2 Å². The van der Waals surface area contributed by atoms with E-state index in [4.69, 9.17) is 18.6 Å². The van der Waals surface area contributed by atoms with Crippen LogP contribution in [0.25, 0.3) is 0 Å². The second kappa shape index (κ2) is 9.66. The monoisotopic (exact) mass is 458 g/mol. The molecule has 0 radical (unpaired) electrons. The first-order valence-corrected chi connectivity index (χ1v) is 13.9. The second-order valence-corrected chi connectivity index (χ2v) is 12.0. The Kier molecular flexibility index (Phi) is 6.99. The SMILES string of the molecule is CCOC(CO[C@H]1CC[C@@]2(C)[C@H](CC[C@@H]3[C@@H]2CC[C@]2(C)[C@@H](c4ccoc4)CC[C@@H]32)C1)OCC. The van der Waals surface area contributed by atoms with Crippen molar-refractivity contribution in [1.82, 2.24) is 0 Å². The minimum Gasteiger partial charge on any atom is -0.472 e. The number of hydrogen-bond acceptors (Lipinski definition) is 4. The summed E-state index contributed by atoms with van der Waals surface area (Å²) in [5, 5.41) is 0. The van der Waals surface area contributed by atoms with Gasteiger partial charge >= 0.3 is 0 Å². The summed E-state index contributed by atoms with van der Waals surface area (Å²) in [5.41, 5.74) is 2.41. The Balaban J connectivity index is 1.23. The van der Waals surface area contributed by atoms with Crippen molar-refractivity contribution >= 4 is 0 Å². The first kappa shape index (κ1) is 23.9. The smallest absolute Gasteiger partial charge is 0.180 e. The lowest BCUT2D eigenvalue weighted by atomic mass is 9.44. The Hall–Kier alpha value is -0.840. The predicted molar refractivity (Wildman–Crippen MR) is 130 cm³/mol. The van der Waals surface area contributed by atoms with Crippen LogP contribution in [0.2, 0.25) is 0 Å². The molecule has 33 heavy (non-hydrogen) atoms. The van der Waals surface area contributed by atoms with Crippen molar-refractivity contribution in [3.63, 3.8) is 0 Å². The van der Waals surface area contributed by atoms with E-state index in [2.05, 4.69) is 19.9 Å². The van der Waals surface area contributed by atoms with Crippen molar-refractivity contribution in [2.24, 2.45) is 34.5 Å². The molecule has 0 saturated heterocycles. The van der Waals surface area contributed by atoms with E-state index >= 15 is 0 Å². The van der Waals surface area contributed by atoms with Gasteiger partial charge in [0, 0.05) is 13.2 Å². The summed E-state index contributed by atoms with van der Waals surface area (Å²) in [6, 6.07) is 2.23. The Morgan fingerprint density at radius 1 is 0.939 bits per heavy atom. The fourth-order valence-electron chi connectivity index (χ4n) is 9.12. The average molecular weight is 459 g/mol. The van der Waals surface area contributed by atoms with E-state index in [1.165, 1.54) is 63.4 Å². The molecule has 8 atom stereocenters. The van der Waals surface area contributed by atoms with Gasteiger partial charge in [-0.2, -0.15) is 0 Å². The van der Waals surface area contributed by atoms with Crippen LogP contribution in [0.4, 0.5) is 0 Å². The molecular weight excluding hydrogens is 412 g/mol. The molecule has 4 saturated carbocycles. The van der Waals surface area contributed by atoms with Crippen LogP contribution < -0.4 is 0 Å². The molecule has 0 bridgehead atoms. The van der Waals surface area contributed by atoms with Gasteiger partial charge in [-0.3, -0.25) is 0 Å². The van der Waals surface area contributed by atoms with Gasteiger partial charge < -0.3 is 18.6 Å². The van der Waals surface area contributed by atoms with Crippen molar-refractivity contribution < 1.29 is 18.6 Å². The van der Waals surface area contributed by atoms with Crippen LogP contribution in [-0.2, 0) is 14.2 Å². The van der Waals surface area contributed by atoms with E-state index in [0.29, 0.717) is 42.7 Å². The van der Waals surface area contributed by atoms with E-state index in [0.717, 1.165) is 23.7 Å². The third-order valence-electron chi connectivity index (χ3n) is 10.7. The standard InChI is InChI=1S/C29H46O4/c1-5-31-27(32-6-2)19-33-22-11-14-28(3)21(17-22)7-8-23-25-10-9-24(20-13-16-30-18-20)29(25,4)15-12-26(23)28/h13,16,18,21-27H,5-12,14-15,17,19H2,1-4H3/t21-,22+,23+,24-,25+,26+,28+,29-/m1/s1. The molecular formula is C29H46O4. The summed E-state index contributed by atoms with van der Waals surface area (Å²) in [5.74, 6) is 4.21. The largest absolute Gasteiger partial charge is 0.472 e. The van der Waals surface area contributed by atoms with Gasteiger partial charge in [0.15, 0.2) is 6.29 Å². The van der Waals surface area contributed by atoms with Crippen molar-refractivity contribution in [1.29, 1.82) is 0 Å². The minimum absolute atomic E-state index is 0.217. The first-order chi connectivity index (χ1) is 16.0. The van der Waals surface area contributed by atoms with Crippen molar-refractivity contribution in [3.05, 3.63) is 24.2 Å². The Morgan fingerprint density at radius 2 is 1.70 bits per heavy atom. The lowest BCUT2D eigenvalue weighted by Gasteiger charge is -2.61. The van der Waals surface area contributed by atoms with Gasteiger partial charge in [-0.25, -0.2) is 0 Å². The summed E-state index contributed by atoms with van der Waals surface area (Å²) in [6.07, 6.45) is 16.2. The Morgan fingerprint density at radius 3 is 2.42 bits per heavy atom. The second-order valence-electron chi connectivity index (χ2n) is 12.0. The summed E-state index contributed by atoms with van der Waals surface area (Å²) >= 11 is 0. The van der Waals surface area contributed by atoms with E-state index in [-0.39, 0.29) is 6.29 Å². The van der Waals surface area contributed by atoms with Crippen LogP contribution in [0.3, 0.4) is 0 Å². The average Bonchev–Trinajstić information content (AvgIpc) is 3.45. The molecule has 4 heteroatoms. The van der Waals surface area contributed by atoms with Crippen LogP contribution >= 0.6 is 0 Å². The van der Waals surface area contributed by atoms with E-state index < -0.39 is 0 Å². The molecule has 1 heterocycles.